The van der Waals surface area contributed by atoms with Crippen molar-refractivity contribution in [2.24, 2.45) is 0 Å². The minimum Gasteiger partial charge on any atom is -0.493 e. The summed E-state index contributed by atoms with van der Waals surface area (Å²) in [6.07, 6.45) is 3.89. The fourth-order valence-corrected chi connectivity index (χ4v) is 4.87. The fraction of sp³-hybridized carbons (Fsp3) is 0.152. The third-order valence-corrected chi connectivity index (χ3v) is 6.91. The number of halogens is 2. The smallest absolute Gasteiger partial charge is 0.358 e. The maximum Gasteiger partial charge on any atom is 0.358 e. The number of amides is 1. The van der Waals surface area contributed by atoms with Crippen molar-refractivity contribution in [2.75, 3.05) is 39.9 Å². The van der Waals surface area contributed by atoms with E-state index in [1.54, 1.807) is 48.6 Å². The first-order valence-electron chi connectivity index (χ1n) is 13.4. The molecule has 3 aromatic carbocycles. The topological polar surface area (TPSA) is 122 Å². The highest BCUT2D eigenvalue weighted by Gasteiger charge is 2.26. The number of methoxy groups -OCH3 is 3. The summed E-state index contributed by atoms with van der Waals surface area (Å²) in [5, 5.41) is 2.27. The average Bonchev–Trinajstić information content (AvgIpc) is 3.49. The van der Waals surface area contributed by atoms with Crippen molar-refractivity contribution in [3.63, 3.8) is 0 Å². The van der Waals surface area contributed by atoms with Crippen LogP contribution in [-0.2, 0) is 4.74 Å². The number of ether oxygens (including phenoxy) is 5. The molecule has 4 aromatic rings. The molecule has 0 bridgehead atoms. The van der Waals surface area contributed by atoms with Gasteiger partial charge in [-0.15, -0.1) is 0 Å². The number of anilines is 1. The molecule has 0 saturated heterocycles. The minimum absolute atomic E-state index is 0.0643. The van der Waals surface area contributed by atoms with Crippen LogP contribution in [0.15, 0.2) is 79.9 Å². The standard InChI is InChI=1S/C22H18F2N2O5S.C11H12O3/c1-4-11-31-18-12(7-5-10-15(18)29-2)19-17(21(28)30-3)25-22(32-19)26-20(27)16-13(23)8-6-9-14(16)24;1-3-7-14-11-9(8-12)5-4-6-10(11)13-2/h4-10H,1,11H2,2-3H3,(H,25,26,27);3-6,8H,1,7H2,2H3. The quantitative estimate of drug-likeness (QED) is 0.0947. The molecule has 4 rings (SSSR count). The van der Waals surface area contributed by atoms with E-state index in [1.165, 1.54) is 21.3 Å². The molecule has 1 amide bonds. The van der Waals surface area contributed by atoms with Gasteiger partial charge < -0.3 is 23.7 Å². The Labute approximate surface area is 267 Å². The number of hydrogen-bond donors (Lipinski definition) is 1. The molecule has 0 aliphatic rings. The maximum absolute atomic E-state index is 14.0. The van der Waals surface area contributed by atoms with Crippen molar-refractivity contribution >= 4 is 34.6 Å². The molecule has 0 atom stereocenters. The van der Waals surface area contributed by atoms with Crippen molar-refractivity contribution in [2.45, 2.75) is 0 Å². The number of carbonyl (C=O) groups excluding carboxylic acids is 3. The van der Waals surface area contributed by atoms with Crippen LogP contribution in [0.5, 0.6) is 23.0 Å². The van der Waals surface area contributed by atoms with E-state index >= 15 is 0 Å². The second-order valence-corrected chi connectivity index (χ2v) is 9.77. The molecule has 0 radical (unpaired) electrons. The van der Waals surface area contributed by atoms with Crippen LogP contribution in [0.25, 0.3) is 10.4 Å². The Morgan fingerprint density at radius 2 is 1.43 bits per heavy atom. The van der Waals surface area contributed by atoms with E-state index in [0.29, 0.717) is 45.6 Å². The lowest BCUT2D eigenvalue weighted by molar-refractivity contribution is 0.0595. The summed E-state index contributed by atoms with van der Waals surface area (Å²) >= 11 is 0.908. The van der Waals surface area contributed by atoms with Gasteiger partial charge in [0.05, 0.1) is 31.8 Å². The summed E-state index contributed by atoms with van der Waals surface area (Å²) in [5.41, 5.74) is 0.0478. The van der Waals surface area contributed by atoms with Crippen LogP contribution in [0, 0.1) is 11.6 Å². The Morgan fingerprint density at radius 3 is 2.00 bits per heavy atom. The molecule has 0 aliphatic heterocycles. The van der Waals surface area contributed by atoms with E-state index in [-0.39, 0.29) is 17.4 Å². The molecule has 0 fully saturated rings. The van der Waals surface area contributed by atoms with Crippen molar-refractivity contribution in [1.82, 2.24) is 4.98 Å². The van der Waals surface area contributed by atoms with Crippen LogP contribution in [0.3, 0.4) is 0 Å². The van der Waals surface area contributed by atoms with Crippen LogP contribution < -0.4 is 24.3 Å². The molecule has 0 saturated carbocycles. The fourth-order valence-electron chi connectivity index (χ4n) is 3.90. The molecule has 0 aliphatic carbocycles. The van der Waals surface area contributed by atoms with E-state index in [4.69, 9.17) is 23.7 Å². The molecule has 1 heterocycles. The number of hydrogen-bond acceptors (Lipinski definition) is 10. The second-order valence-electron chi connectivity index (χ2n) is 8.77. The molecular formula is C33H30F2N2O8S. The van der Waals surface area contributed by atoms with Crippen LogP contribution >= 0.6 is 11.3 Å². The van der Waals surface area contributed by atoms with E-state index in [0.717, 1.165) is 35.8 Å². The molecule has 0 spiro atoms. The molecule has 240 valence electrons. The number of nitrogens with zero attached hydrogens (tertiary/aromatic N) is 1. The number of rotatable bonds is 13. The Hall–Kier alpha value is -5.56. The van der Waals surface area contributed by atoms with E-state index in [9.17, 15) is 23.2 Å². The monoisotopic (exact) mass is 652 g/mol. The number of thiazole rings is 1. The highest BCUT2D eigenvalue weighted by atomic mass is 32.1. The normalized spacial score (nSPS) is 10.0. The first-order chi connectivity index (χ1) is 22.2. The van der Waals surface area contributed by atoms with Crippen molar-refractivity contribution in [1.29, 1.82) is 0 Å². The number of para-hydroxylation sites is 2. The predicted octanol–water partition coefficient (Wildman–Crippen LogP) is 6.77. The number of benzene rings is 3. The number of esters is 1. The predicted molar refractivity (Wildman–Crippen MR) is 170 cm³/mol. The third kappa shape index (κ3) is 8.33. The molecule has 1 aromatic heterocycles. The highest BCUT2D eigenvalue weighted by molar-refractivity contribution is 7.19. The van der Waals surface area contributed by atoms with Gasteiger partial charge in [-0.3, -0.25) is 14.9 Å². The van der Waals surface area contributed by atoms with Crippen LogP contribution in [0.1, 0.15) is 31.2 Å². The van der Waals surface area contributed by atoms with Crippen LogP contribution in [0.4, 0.5) is 13.9 Å². The lowest BCUT2D eigenvalue weighted by Gasteiger charge is -2.13. The molecule has 13 heteroatoms. The summed E-state index contributed by atoms with van der Waals surface area (Å²) in [5.74, 6) is -2.14. The maximum atomic E-state index is 14.0. The lowest BCUT2D eigenvalue weighted by Crippen LogP contribution is -2.16. The van der Waals surface area contributed by atoms with Gasteiger partial charge in [-0.1, -0.05) is 54.8 Å². The second kappa shape index (κ2) is 17.1. The molecule has 10 nitrogen and oxygen atoms in total. The largest absolute Gasteiger partial charge is 0.493 e. The molecule has 0 unspecified atom stereocenters. The Kier molecular flexibility index (Phi) is 13.0. The highest BCUT2D eigenvalue weighted by Crippen LogP contribution is 2.43. The van der Waals surface area contributed by atoms with Crippen LogP contribution in [-0.4, -0.2) is 57.7 Å². The van der Waals surface area contributed by atoms with Crippen molar-refractivity contribution in [3.8, 4) is 33.4 Å². The van der Waals surface area contributed by atoms with Gasteiger partial charge in [0.2, 0.25) is 0 Å². The Bertz CT molecular complexity index is 1700. The summed E-state index contributed by atoms with van der Waals surface area (Å²) in [6.45, 7) is 7.66. The Morgan fingerprint density at radius 1 is 0.870 bits per heavy atom. The summed E-state index contributed by atoms with van der Waals surface area (Å²) < 4.78 is 54.2. The first kappa shape index (κ1) is 34.9. The zero-order valence-electron chi connectivity index (χ0n) is 25.1. The van der Waals surface area contributed by atoms with E-state index in [1.807, 2.05) is 0 Å². The minimum atomic E-state index is -1.05. The SMILES string of the molecule is C=CCOc1c(C=O)cccc1OC.C=CCOc1c(OC)cccc1-c1sc(NC(=O)c2c(F)cccc2F)nc1C(=O)OC. The number of nitrogens with one attached hydrogen (secondary N) is 1. The number of carbonyl (C=O) groups is 3. The number of aromatic nitrogens is 1. The van der Waals surface area contributed by atoms with Crippen molar-refractivity contribution in [3.05, 3.63) is 108 Å². The van der Waals surface area contributed by atoms with Gasteiger partial charge in [0, 0.05) is 5.56 Å². The Balaban J connectivity index is 0.000000344. The van der Waals surface area contributed by atoms with Gasteiger partial charge in [0.1, 0.15) is 30.4 Å². The van der Waals surface area contributed by atoms with E-state index < -0.39 is 29.1 Å². The average molecular weight is 653 g/mol. The first-order valence-corrected chi connectivity index (χ1v) is 14.2. The van der Waals surface area contributed by atoms with Gasteiger partial charge >= 0.3 is 5.97 Å². The summed E-state index contributed by atoms with van der Waals surface area (Å²) in [7, 11) is 4.17. The number of aldehydes is 1. The van der Waals surface area contributed by atoms with Crippen molar-refractivity contribution < 1.29 is 46.8 Å². The third-order valence-electron chi connectivity index (χ3n) is 5.91. The van der Waals surface area contributed by atoms with Gasteiger partial charge in [0.25, 0.3) is 5.91 Å². The van der Waals surface area contributed by atoms with Gasteiger partial charge in [0.15, 0.2) is 40.1 Å². The van der Waals surface area contributed by atoms with Crippen LogP contribution in [0.2, 0.25) is 0 Å². The van der Waals surface area contributed by atoms with Gasteiger partial charge in [-0.05, 0) is 36.4 Å². The summed E-state index contributed by atoms with van der Waals surface area (Å²) in [6, 6.07) is 13.2. The molecule has 46 heavy (non-hydrogen) atoms. The zero-order valence-corrected chi connectivity index (χ0v) is 26.0. The van der Waals surface area contributed by atoms with Gasteiger partial charge in [-0.25, -0.2) is 18.6 Å². The zero-order chi connectivity index (χ0) is 33.6. The summed E-state index contributed by atoms with van der Waals surface area (Å²) in [4.78, 5) is 39.9. The lowest BCUT2D eigenvalue weighted by atomic mass is 10.1. The molecular weight excluding hydrogens is 622 g/mol. The van der Waals surface area contributed by atoms with E-state index in [2.05, 4.69) is 23.5 Å². The van der Waals surface area contributed by atoms with Gasteiger partial charge in [-0.2, -0.15) is 0 Å². The molecule has 1 N–H and O–H groups in total.